The lowest BCUT2D eigenvalue weighted by molar-refractivity contribution is 0.104. The lowest BCUT2D eigenvalue weighted by Crippen LogP contribution is -2.44. The van der Waals surface area contributed by atoms with Crippen molar-refractivity contribution in [3.63, 3.8) is 0 Å². The van der Waals surface area contributed by atoms with E-state index in [4.69, 9.17) is 9.41 Å². The largest absolute Gasteiger partial charge is 0.410 e. The molecule has 36 heavy (non-hydrogen) atoms. The van der Waals surface area contributed by atoms with E-state index in [9.17, 15) is 5.11 Å². The van der Waals surface area contributed by atoms with Crippen LogP contribution in [0.25, 0.3) is 0 Å². The molecule has 0 amide bonds. The SMILES string of the molecule is CC(C)Cc1ccc([C@H](O)c2c(C(C)C)nc3c(c2I)C(O[Si](C)(C)C(C)(C)C)CC(C)(C)C3)cc1. The number of nitrogens with zero attached hydrogens (tertiary/aromatic N) is 1. The molecule has 3 rings (SSSR count). The zero-order valence-corrected chi connectivity index (χ0v) is 27.6. The van der Waals surface area contributed by atoms with Crippen molar-refractivity contribution in [3.05, 3.63) is 61.5 Å². The molecular formula is C31H48INO2Si. The maximum Gasteiger partial charge on any atom is 0.192 e. The van der Waals surface area contributed by atoms with E-state index >= 15 is 0 Å². The van der Waals surface area contributed by atoms with Crippen LogP contribution in [0.4, 0.5) is 0 Å². The summed E-state index contributed by atoms with van der Waals surface area (Å²) in [6.45, 7) is 25.1. The van der Waals surface area contributed by atoms with Gasteiger partial charge in [0.2, 0.25) is 0 Å². The van der Waals surface area contributed by atoms with Crippen LogP contribution in [0.5, 0.6) is 0 Å². The van der Waals surface area contributed by atoms with Crippen molar-refractivity contribution in [2.24, 2.45) is 11.3 Å². The normalized spacial score (nSPS) is 19.0. The van der Waals surface area contributed by atoms with E-state index in [0.717, 1.165) is 45.3 Å². The summed E-state index contributed by atoms with van der Waals surface area (Å²) in [6.07, 6.45) is 2.27. The van der Waals surface area contributed by atoms with Crippen molar-refractivity contribution in [3.8, 4) is 0 Å². The fraction of sp³-hybridized carbons (Fsp3) is 0.645. The first-order chi connectivity index (χ1) is 16.4. The molecule has 0 radical (unpaired) electrons. The first kappa shape index (κ1) is 29.8. The molecule has 1 N–H and O–H groups in total. The second-order valence-electron chi connectivity index (χ2n) is 13.9. The van der Waals surface area contributed by atoms with Gasteiger partial charge in [0.05, 0.1) is 11.8 Å². The Morgan fingerprint density at radius 3 is 2.19 bits per heavy atom. The van der Waals surface area contributed by atoms with Crippen molar-refractivity contribution >= 4 is 30.9 Å². The van der Waals surface area contributed by atoms with Crippen LogP contribution in [0.3, 0.4) is 0 Å². The van der Waals surface area contributed by atoms with Gasteiger partial charge in [0, 0.05) is 20.4 Å². The zero-order valence-electron chi connectivity index (χ0n) is 24.4. The number of rotatable bonds is 7. The molecular weight excluding hydrogens is 573 g/mol. The number of halogens is 1. The minimum atomic E-state index is -2.00. The molecule has 2 aromatic rings. The third-order valence-electron chi connectivity index (χ3n) is 8.02. The van der Waals surface area contributed by atoms with Crippen LogP contribution in [0.2, 0.25) is 18.1 Å². The Morgan fingerprint density at radius 1 is 1.11 bits per heavy atom. The molecule has 0 saturated carbocycles. The Hall–Kier alpha value is -0.763. The van der Waals surface area contributed by atoms with Gasteiger partial charge in [-0.1, -0.05) is 86.6 Å². The highest BCUT2D eigenvalue weighted by Crippen LogP contribution is 2.50. The van der Waals surface area contributed by atoms with E-state index in [1.54, 1.807) is 0 Å². The summed E-state index contributed by atoms with van der Waals surface area (Å²) in [4.78, 5) is 5.29. The van der Waals surface area contributed by atoms with Gasteiger partial charge in [-0.3, -0.25) is 4.98 Å². The number of fused-ring (bicyclic) bond motifs is 1. The van der Waals surface area contributed by atoms with E-state index in [2.05, 4.69) is 122 Å². The summed E-state index contributed by atoms with van der Waals surface area (Å²) < 4.78 is 8.23. The molecule has 0 fully saturated rings. The first-order valence-corrected chi connectivity index (χ1v) is 17.6. The summed E-state index contributed by atoms with van der Waals surface area (Å²) in [5, 5.41) is 11.9. The average Bonchev–Trinajstić information content (AvgIpc) is 2.70. The Labute approximate surface area is 235 Å². The standard InChI is InChI=1S/C31H48INO2Si/c1-19(2)16-21-12-14-22(15-13-21)29(34)26-27(32)25-23(33-28(26)20(3)4)17-31(8,9)18-24(25)35-36(10,11)30(5,6)7/h12-15,19-20,24,29,34H,16-18H2,1-11H3/t24?,29-/m0/s1. The van der Waals surface area contributed by atoms with Gasteiger partial charge in [0.25, 0.3) is 0 Å². The van der Waals surface area contributed by atoms with Crippen LogP contribution in [-0.2, 0) is 17.3 Å². The van der Waals surface area contributed by atoms with Crippen molar-refractivity contribution < 1.29 is 9.53 Å². The number of aromatic nitrogens is 1. The van der Waals surface area contributed by atoms with Crippen molar-refractivity contribution in [2.75, 3.05) is 0 Å². The lowest BCUT2D eigenvalue weighted by Gasteiger charge is -2.44. The predicted molar refractivity (Wildman–Crippen MR) is 163 cm³/mol. The number of hydrogen-bond donors (Lipinski definition) is 1. The summed E-state index contributed by atoms with van der Waals surface area (Å²) >= 11 is 2.48. The van der Waals surface area contributed by atoms with E-state index < -0.39 is 14.4 Å². The molecule has 1 aliphatic rings. The van der Waals surface area contributed by atoms with Gasteiger partial charge in [-0.15, -0.1) is 0 Å². The molecule has 2 atom stereocenters. The molecule has 0 saturated heterocycles. The third-order valence-corrected chi connectivity index (χ3v) is 13.7. The van der Waals surface area contributed by atoms with Gasteiger partial charge < -0.3 is 9.53 Å². The summed E-state index contributed by atoms with van der Waals surface area (Å²) in [6, 6.07) is 8.51. The zero-order chi connectivity index (χ0) is 27.2. The molecule has 1 unspecified atom stereocenters. The quantitative estimate of drug-likeness (QED) is 0.248. The monoisotopic (exact) mass is 621 g/mol. The van der Waals surface area contributed by atoms with Crippen LogP contribution in [-0.4, -0.2) is 18.4 Å². The van der Waals surface area contributed by atoms with Crippen LogP contribution < -0.4 is 0 Å². The van der Waals surface area contributed by atoms with Gasteiger partial charge in [0.15, 0.2) is 8.32 Å². The Balaban J connectivity index is 2.14. The average molecular weight is 622 g/mol. The minimum Gasteiger partial charge on any atom is -0.410 e. The number of hydrogen-bond acceptors (Lipinski definition) is 3. The highest BCUT2D eigenvalue weighted by molar-refractivity contribution is 14.1. The topological polar surface area (TPSA) is 42.4 Å². The van der Waals surface area contributed by atoms with E-state index in [1.807, 2.05) is 0 Å². The summed E-state index contributed by atoms with van der Waals surface area (Å²) in [5.74, 6) is 0.833. The maximum atomic E-state index is 11.8. The molecule has 0 aliphatic heterocycles. The molecule has 1 aromatic carbocycles. The van der Waals surface area contributed by atoms with Crippen LogP contribution in [0, 0.1) is 14.9 Å². The molecule has 0 bridgehead atoms. The molecule has 1 aliphatic carbocycles. The second-order valence-corrected chi connectivity index (χ2v) is 19.7. The fourth-order valence-corrected chi connectivity index (χ4v) is 7.54. The van der Waals surface area contributed by atoms with Gasteiger partial charge in [-0.05, 0) is 88.4 Å². The van der Waals surface area contributed by atoms with Gasteiger partial charge in [0.1, 0.15) is 6.10 Å². The second kappa shape index (κ2) is 10.8. The van der Waals surface area contributed by atoms with Gasteiger partial charge in [-0.2, -0.15) is 0 Å². The van der Waals surface area contributed by atoms with E-state index in [1.165, 1.54) is 11.1 Å². The molecule has 5 heteroatoms. The van der Waals surface area contributed by atoms with Gasteiger partial charge in [-0.25, -0.2) is 0 Å². The third kappa shape index (κ3) is 6.44. The Kier molecular flexibility index (Phi) is 8.92. The number of aliphatic hydroxyl groups excluding tert-OH is 1. The highest BCUT2D eigenvalue weighted by Gasteiger charge is 2.44. The molecule has 3 nitrogen and oxygen atoms in total. The van der Waals surface area contributed by atoms with Crippen molar-refractivity contribution in [1.29, 1.82) is 0 Å². The van der Waals surface area contributed by atoms with Crippen molar-refractivity contribution in [2.45, 2.75) is 118 Å². The molecule has 1 aromatic heterocycles. The minimum absolute atomic E-state index is 0.00428. The van der Waals surface area contributed by atoms with Gasteiger partial charge >= 0.3 is 0 Å². The highest BCUT2D eigenvalue weighted by atomic mass is 127. The number of benzene rings is 1. The maximum absolute atomic E-state index is 11.8. The number of aliphatic hydroxyl groups is 1. The van der Waals surface area contributed by atoms with Crippen LogP contribution in [0.1, 0.15) is 121 Å². The smallest absolute Gasteiger partial charge is 0.192 e. The summed E-state index contributed by atoms with van der Waals surface area (Å²) in [5.41, 5.74) is 6.72. The number of pyridine rings is 1. The Bertz CT molecular complexity index is 1070. The predicted octanol–water partition coefficient (Wildman–Crippen LogP) is 9.13. The van der Waals surface area contributed by atoms with Crippen LogP contribution >= 0.6 is 22.6 Å². The molecule has 200 valence electrons. The summed E-state index contributed by atoms with van der Waals surface area (Å²) in [7, 11) is -2.00. The van der Waals surface area contributed by atoms with Crippen molar-refractivity contribution in [1.82, 2.24) is 4.98 Å². The van der Waals surface area contributed by atoms with E-state index in [0.29, 0.717) is 5.92 Å². The Morgan fingerprint density at radius 2 is 1.69 bits per heavy atom. The molecule has 0 spiro atoms. The van der Waals surface area contributed by atoms with E-state index in [-0.39, 0.29) is 22.5 Å². The first-order valence-electron chi connectivity index (χ1n) is 13.6. The fourth-order valence-electron chi connectivity index (χ4n) is 5.05. The lowest BCUT2D eigenvalue weighted by atomic mass is 9.74. The van der Waals surface area contributed by atoms with Crippen LogP contribution in [0.15, 0.2) is 24.3 Å². The molecule has 1 heterocycles.